The number of carbonyl (C=O) groups excluding carboxylic acids is 2. The summed E-state index contributed by atoms with van der Waals surface area (Å²) in [4.78, 5) is 36.4. The molecule has 0 spiro atoms. The lowest BCUT2D eigenvalue weighted by Crippen LogP contribution is -2.41. The Kier molecular flexibility index (Phi) is 6.26. The summed E-state index contributed by atoms with van der Waals surface area (Å²) in [6.45, 7) is 5.54. The number of thiazole rings is 1. The Morgan fingerprint density at radius 2 is 1.91 bits per heavy atom. The molecule has 2 heterocycles. The van der Waals surface area contributed by atoms with Crippen molar-refractivity contribution in [2.45, 2.75) is 20.3 Å². The Morgan fingerprint density at radius 1 is 1.19 bits per heavy atom. The fraction of sp³-hybridized carbons (Fsp3) is 0.375. The van der Waals surface area contributed by atoms with Gasteiger partial charge in [0.05, 0.1) is 16.1 Å². The van der Waals surface area contributed by atoms with Crippen molar-refractivity contribution < 1.29 is 14.0 Å². The van der Waals surface area contributed by atoms with Crippen molar-refractivity contribution in [3.8, 4) is 0 Å². The first kappa shape index (κ1) is 22.4. The largest absolute Gasteiger partial charge is 0.312 e. The van der Waals surface area contributed by atoms with Crippen LogP contribution >= 0.6 is 11.3 Å². The Bertz CT molecular complexity index is 1160. The van der Waals surface area contributed by atoms with Gasteiger partial charge in [-0.05, 0) is 69.4 Å². The third-order valence-electron chi connectivity index (χ3n) is 5.70. The van der Waals surface area contributed by atoms with E-state index in [1.165, 1.54) is 23.5 Å². The summed E-state index contributed by atoms with van der Waals surface area (Å²) in [7, 11) is 3.92. The highest BCUT2D eigenvalue weighted by atomic mass is 32.1. The Balaban J connectivity index is 1.62. The van der Waals surface area contributed by atoms with Crippen molar-refractivity contribution in [2.75, 3.05) is 43.5 Å². The van der Waals surface area contributed by atoms with E-state index in [0.29, 0.717) is 23.9 Å². The lowest BCUT2D eigenvalue weighted by Gasteiger charge is -2.24. The van der Waals surface area contributed by atoms with Crippen molar-refractivity contribution in [3.05, 3.63) is 53.3 Å². The van der Waals surface area contributed by atoms with E-state index in [4.69, 9.17) is 4.98 Å². The van der Waals surface area contributed by atoms with E-state index in [9.17, 15) is 14.0 Å². The Labute approximate surface area is 191 Å². The van der Waals surface area contributed by atoms with E-state index in [0.717, 1.165) is 21.3 Å². The third kappa shape index (κ3) is 4.52. The van der Waals surface area contributed by atoms with Crippen molar-refractivity contribution >= 4 is 44.2 Å². The van der Waals surface area contributed by atoms with E-state index in [2.05, 4.69) is 19.1 Å². The van der Waals surface area contributed by atoms with Gasteiger partial charge < -0.3 is 9.80 Å². The first-order valence-electron chi connectivity index (χ1n) is 10.6. The number of hydrogen-bond donors (Lipinski definition) is 0. The number of hydrogen-bond acceptors (Lipinski definition) is 5. The molecule has 168 valence electrons. The highest BCUT2D eigenvalue weighted by Crippen LogP contribution is 2.34. The van der Waals surface area contributed by atoms with Crippen LogP contribution in [0.2, 0.25) is 0 Å². The molecule has 0 saturated carbocycles. The number of rotatable bonds is 6. The second-order valence-electron chi connectivity index (χ2n) is 8.60. The van der Waals surface area contributed by atoms with Crippen molar-refractivity contribution in [2.24, 2.45) is 5.92 Å². The summed E-state index contributed by atoms with van der Waals surface area (Å²) < 4.78 is 14.3. The topological polar surface area (TPSA) is 56.8 Å². The summed E-state index contributed by atoms with van der Waals surface area (Å²) in [5, 5.41) is 0.660. The van der Waals surface area contributed by atoms with Gasteiger partial charge in [0.1, 0.15) is 5.82 Å². The third-order valence-corrected chi connectivity index (χ3v) is 6.72. The number of aryl methyl sites for hydroxylation is 2. The first-order chi connectivity index (χ1) is 15.2. The molecule has 6 nitrogen and oxygen atoms in total. The highest BCUT2D eigenvalue weighted by Gasteiger charge is 2.38. The molecule has 1 fully saturated rings. The molecule has 32 heavy (non-hydrogen) atoms. The number of amides is 2. The summed E-state index contributed by atoms with van der Waals surface area (Å²) in [5.41, 5.74) is 3.76. The number of carbonyl (C=O) groups is 2. The van der Waals surface area contributed by atoms with Crippen LogP contribution < -0.4 is 9.80 Å². The molecule has 1 aromatic heterocycles. The van der Waals surface area contributed by atoms with Gasteiger partial charge in [-0.1, -0.05) is 17.4 Å². The van der Waals surface area contributed by atoms with Crippen LogP contribution in [0.3, 0.4) is 0 Å². The molecule has 1 unspecified atom stereocenters. The molecule has 1 atom stereocenters. The van der Waals surface area contributed by atoms with Crippen molar-refractivity contribution in [1.29, 1.82) is 0 Å². The second-order valence-corrected chi connectivity index (χ2v) is 9.61. The number of fused-ring (bicyclic) bond motifs is 1. The maximum Gasteiger partial charge on any atom is 0.234 e. The zero-order valence-electron chi connectivity index (χ0n) is 18.8. The zero-order valence-corrected chi connectivity index (χ0v) is 19.6. The molecule has 8 heteroatoms. The number of likely N-dealkylation sites (N-methyl/N-ethyl adjacent to an activating group) is 1. The van der Waals surface area contributed by atoms with Gasteiger partial charge in [0.15, 0.2) is 5.13 Å². The standard InChI is InChI=1S/C24H27FN4O2S/c1-15-11-16(2)22-20(12-15)32-24(26-22)28(10-9-27(3)4)23(31)17-13-21(30)29(14-17)19-7-5-18(25)6-8-19/h5-8,11-12,17H,9-10,13-14H2,1-4H3. The highest BCUT2D eigenvalue weighted by molar-refractivity contribution is 7.22. The molecule has 0 bridgehead atoms. The van der Waals surface area contributed by atoms with Gasteiger partial charge in [0, 0.05) is 31.7 Å². The van der Waals surface area contributed by atoms with Crippen LogP contribution in [0.15, 0.2) is 36.4 Å². The van der Waals surface area contributed by atoms with Gasteiger partial charge in [0.25, 0.3) is 0 Å². The average molecular weight is 455 g/mol. The van der Waals surface area contributed by atoms with Crippen molar-refractivity contribution in [1.82, 2.24) is 9.88 Å². The fourth-order valence-corrected chi connectivity index (χ4v) is 5.21. The molecule has 4 rings (SSSR count). The second kappa shape index (κ2) is 8.96. The Morgan fingerprint density at radius 3 is 2.59 bits per heavy atom. The van der Waals surface area contributed by atoms with Crippen LogP contribution in [0.4, 0.5) is 15.2 Å². The minimum Gasteiger partial charge on any atom is -0.312 e. The van der Waals surface area contributed by atoms with Crippen LogP contribution in [-0.4, -0.2) is 55.4 Å². The van der Waals surface area contributed by atoms with E-state index < -0.39 is 5.92 Å². The maximum atomic E-state index is 13.6. The normalized spacial score (nSPS) is 16.4. The predicted octanol–water partition coefficient (Wildman–Crippen LogP) is 4.00. The first-order valence-corrected chi connectivity index (χ1v) is 11.4. The summed E-state index contributed by atoms with van der Waals surface area (Å²) in [6.07, 6.45) is 0.137. The molecule has 3 aromatic rings. The molecule has 2 amide bonds. The minimum atomic E-state index is -0.468. The number of aromatic nitrogens is 1. The smallest absolute Gasteiger partial charge is 0.234 e. The molecular formula is C24H27FN4O2S. The van der Waals surface area contributed by atoms with Crippen LogP contribution in [0, 0.1) is 25.6 Å². The van der Waals surface area contributed by atoms with Crippen LogP contribution in [0.25, 0.3) is 10.2 Å². The zero-order chi connectivity index (χ0) is 23.0. The SMILES string of the molecule is Cc1cc(C)c2nc(N(CCN(C)C)C(=O)C3CC(=O)N(c4ccc(F)cc4)C3)sc2c1. The monoisotopic (exact) mass is 454 g/mol. The molecule has 0 aliphatic carbocycles. The van der Waals surface area contributed by atoms with E-state index in [1.807, 2.05) is 25.9 Å². The predicted molar refractivity (Wildman–Crippen MR) is 127 cm³/mol. The Hall–Kier alpha value is -2.84. The number of halogens is 1. The van der Waals surface area contributed by atoms with Gasteiger partial charge in [-0.15, -0.1) is 0 Å². The number of benzene rings is 2. The molecule has 1 aliphatic heterocycles. The summed E-state index contributed by atoms with van der Waals surface area (Å²) >= 11 is 1.51. The van der Waals surface area contributed by atoms with Crippen molar-refractivity contribution in [3.63, 3.8) is 0 Å². The quantitative estimate of drug-likeness (QED) is 0.565. The van der Waals surface area contributed by atoms with Crippen LogP contribution in [0.1, 0.15) is 17.5 Å². The van der Waals surface area contributed by atoms with Gasteiger partial charge >= 0.3 is 0 Å². The van der Waals surface area contributed by atoms with Gasteiger partial charge in [-0.25, -0.2) is 9.37 Å². The van der Waals surface area contributed by atoms with E-state index in [1.54, 1.807) is 21.9 Å². The number of nitrogens with zero attached hydrogens (tertiary/aromatic N) is 4. The van der Waals surface area contributed by atoms with E-state index >= 15 is 0 Å². The lowest BCUT2D eigenvalue weighted by atomic mass is 10.1. The average Bonchev–Trinajstić information content (AvgIpc) is 3.32. The van der Waals surface area contributed by atoms with Crippen LogP contribution in [-0.2, 0) is 9.59 Å². The van der Waals surface area contributed by atoms with Crippen LogP contribution in [0.5, 0.6) is 0 Å². The molecule has 1 saturated heterocycles. The van der Waals surface area contributed by atoms with Gasteiger partial charge in [-0.3, -0.25) is 14.5 Å². The lowest BCUT2D eigenvalue weighted by molar-refractivity contribution is -0.124. The molecule has 0 N–H and O–H groups in total. The van der Waals surface area contributed by atoms with E-state index in [-0.39, 0.29) is 30.6 Å². The number of anilines is 2. The maximum absolute atomic E-state index is 13.6. The van der Waals surface area contributed by atoms with Gasteiger partial charge in [0.2, 0.25) is 11.8 Å². The minimum absolute atomic E-state index is 0.0988. The molecular weight excluding hydrogens is 427 g/mol. The molecule has 0 radical (unpaired) electrons. The molecule has 1 aliphatic rings. The summed E-state index contributed by atoms with van der Waals surface area (Å²) in [6, 6.07) is 9.98. The van der Waals surface area contributed by atoms with Gasteiger partial charge in [-0.2, -0.15) is 0 Å². The summed E-state index contributed by atoms with van der Waals surface area (Å²) in [5.74, 6) is -1.05. The fourth-order valence-electron chi connectivity index (χ4n) is 4.04. The molecule has 2 aromatic carbocycles.